The highest BCUT2D eigenvalue weighted by molar-refractivity contribution is 6.05. The Hall–Kier alpha value is -2.89. The fourth-order valence-corrected chi connectivity index (χ4v) is 3.48. The van der Waals surface area contributed by atoms with Crippen molar-refractivity contribution in [2.75, 3.05) is 38.2 Å². The molecule has 0 unspecified atom stereocenters. The maximum absolute atomic E-state index is 12.1. The molecule has 146 valence electrons. The van der Waals surface area contributed by atoms with E-state index in [1.807, 2.05) is 22.7 Å². The summed E-state index contributed by atoms with van der Waals surface area (Å²) in [4.78, 5) is 31.6. The van der Waals surface area contributed by atoms with Gasteiger partial charge in [-0.2, -0.15) is 0 Å². The number of urea groups is 1. The van der Waals surface area contributed by atoms with Gasteiger partial charge in [0.15, 0.2) is 0 Å². The van der Waals surface area contributed by atoms with Crippen LogP contribution in [0.3, 0.4) is 0 Å². The first-order valence-electron chi connectivity index (χ1n) is 9.47. The van der Waals surface area contributed by atoms with E-state index in [2.05, 4.69) is 34.1 Å². The number of hydrogen-bond acceptors (Lipinski definition) is 5. The Bertz CT molecular complexity index is 950. The lowest BCUT2D eigenvalue weighted by molar-refractivity contribution is -0.120. The summed E-state index contributed by atoms with van der Waals surface area (Å²) >= 11 is 0. The van der Waals surface area contributed by atoms with Crippen LogP contribution in [0.2, 0.25) is 0 Å². The van der Waals surface area contributed by atoms with Crippen LogP contribution in [0, 0.1) is 11.8 Å². The number of carbonyl (C=O) groups excluding carboxylic acids is 2. The highest BCUT2D eigenvalue weighted by Gasteiger charge is 2.26. The van der Waals surface area contributed by atoms with Gasteiger partial charge >= 0.3 is 6.03 Å². The third-order valence-corrected chi connectivity index (χ3v) is 5.11. The zero-order valence-electron chi connectivity index (χ0n) is 15.9. The Morgan fingerprint density at radius 2 is 2.11 bits per heavy atom. The van der Waals surface area contributed by atoms with Crippen LogP contribution in [0.25, 0.3) is 5.65 Å². The summed E-state index contributed by atoms with van der Waals surface area (Å²) in [6, 6.07) is 3.33. The topological polar surface area (TPSA) is 79.2 Å². The first-order chi connectivity index (χ1) is 13.6. The highest BCUT2D eigenvalue weighted by atomic mass is 16.5. The fraction of sp³-hybridized carbons (Fsp3) is 0.450. The van der Waals surface area contributed by atoms with Gasteiger partial charge in [0.05, 0.1) is 12.3 Å². The molecule has 0 aliphatic carbocycles. The molecular weight excluding hydrogens is 358 g/mol. The lowest BCUT2D eigenvalue weighted by Gasteiger charge is -2.28. The average Bonchev–Trinajstić information content (AvgIpc) is 3.10. The minimum atomic E-state index is -0.423. The first-order valence-corrected chi connectivity index (χ1v) is 9.47. The quantitative estimate of drug-likeness (QED) is 0.810. The molecule has 2 aromatic heterocycles. The molecule has 0 bridgehead atoms. The number of anilines is 1. The number of fused-ring (bicyclic) bond motifs is 1. The minimum Gasteiger partial charge on any atom is -0.365 e. The van der Waals surface area contributed by atoms with E-state index >= 15 is 0 Å². The fourth-order valence-electron chi connectivity index (χ4n) is 3.48. The second-order valence-electron chi connectivity index (χ2n) is 7.13. The van der Waals surface area contributed by atoms with Gasteiger partial charge in [-0.05, 0) is 32.0 Å². The van der Waals surface area contributed by atoms with Crippen molar-refractivity contribution in [1.82, 2.24) is 19.6 Å². The zero-order valence-corrected chi connectivity index (χ0v) is 15.9. The van der Waals surface area contributed by atoms with Crippen LogP contribution in [-0.4, -0.2) is 65.6 Å². The first kappa shape index (κ1) is 18.5. The van der Waals surface area contributed by atoms with E-state index in [0.717, 1.165) is 31.5 Å². The van der Waals surface area contributed by atoms with E-state index < -0.39 is 6.03 Å². The number of ether oxygens (including phenoxy) is 1. The standard InChI is InChI=1S/C20H23N5O3/c1-23-8-5-16(6-9-23)28-12-2-3-15-4-10-24-17(13-15)21-14-19(24)25-11-7-18(26)22-20(25)27/h4,10,13-14,16H,5-9,11-12H2,1H3,(H,22,26,27). The van der Waals surface area contributed by atoms with Gasteiger partial charge in [0.2, 0.25) is 5.91 Å². The van der Waals surface area contributed by atoms with Crippen molar-refractivity contribution in [2.24, 2.45) is 0 Å². The molecule has 0 radical (unpaired) electrons. The second-order valence-corrected chi connectivity index (χ2v) is 7.13. The lowest BCUT2D eigenvalue weighted by Crippen LogP contribution is -2.50. The van der Waals surface area contributed by atoms with E-state index in [9.17, 15) is 9.59 Å². The summed E-state index contributed by atoms with van der Waals surface area (Å²) < 4.78 is 7.66. The molecule has 8 heteroatoms. The van der Waals surface area contributed by atoms with Crippen LogP contribution in [0.4, 0.5) is 10.6 Å². The molecule has 2 fully saturated rings. The number of rotatable bonds is 3. The summed E-state index contributed by atoms with van der Waals surface area (Å²) in [7, 11) is 2.13. The zero-order chi connectivity index (χ0) is 19.5. The van der Waals surface area contributed by atoms with Gasteiger partial charge in [0, 0.05) is 37.8 Å². The number of carbonyl (C=O) groups is 2. The maximum Gasteiger partial charge on any atom is 0.329 e. The molecule has 2 aliphatic rings. The van der Waals surface area contributed by atoms with Gasteiger partial charge in [-0.3, -0.25) is 19.4 Å². The molecule has 2 saturated heterocycles. The summed E-state index contributed by atoms with van der Waals surface area (Å²) in [5, 5.41) is 2.33. The van der Waals surface area contributed by atoms with Crippen molar-refractivity contribution in [3.63, 3.8) is 0 Å². The van der Waals surface area contributed by atoms with Crippen molar-refractivity contribution < 1.29 is 14.3 Å². The van der Waals surface area contributed by atoms with Crippen molar-refractivity contribution in [3.8, 4) is 11.8 Å². The van der Waals surface area contributed by atoms with Crippen molar-refractivity contribution in [2.45, 2.75) is 25.4 Å². The van der Waals surface area contributed by atoms with Crippen molar-refractivity contribution in [3.05, 3.63) is 30.1 Å². The molecule has 4 heterocycles. The highest BCUT2D eigenvalue weighted by Crippen LogP contribution is 2.20. The average molecular weight is 381 g/mol. The monoisotopic (exact) mass is 381 g/mol. The molecule has 2 aliphatic heterocycles. The molecule has 0 atom stereocenters. The molecule has 1 N–H and O–H groups in total. The molecule has 0 saturated carbocycles. The molecule has 0 aromatic carbocycles. The Morgan fingerprint density at radius 3 is 2.89 bits per heavy atom. The van der Waals surface area contributed by atoms with Gasteiger partial charge in [0.25, 0.3) is 0 Å². The second kappa shape index (κ2) is 8.00. The number of imidazole rings is 1. The SMILES string of the molecule is CN1CCC(OCC#Cc2ccn3c(N4CCC(=O)NC4=O)cnc3c2)CC1. The largest absolute Gasteiger partial charge is 0.365 e. The number of hydrogen-bond donors (Lipinski definition) is 1. The molecule has 3 amide bonds. The summed E-state index contributed by atoms with van der Waals surface area (Å²) in [6.07, 6.45) is 6.15. The summed E-state index contributed by atoms with van der Waals surface area (Å²) in [5.41, 5.74) is 1.54. The van der Waals surface area contributed by atoms with E-state index in [4.69, 9.17) is 4.74 Å². The van der Waals surface area contributed by atoms with Crippen molar-refractivity contribution >= 4 is 23.4 Å². The maximum atomic E-state index is 12.1. The number of nitrogens with one attached hydrogen (secondary N) is 1. The smallest absolute Gasteiger partial charge is 0.329 e. The molecule has 8 nitrogen and oxygen atoms in total. The van der Waals surface area contributed by atoms with E-state index in [1.54, 1.807) is 6.20 Å². The van der Waals surface area contributed by atoms with Crippen LogP contribution < -0.4 is 10.2 Å². The predicted molar refractivity (Wildman–Crippen MR) is 104 cm³/mol. The van der Waals surface area contributed by atoms with Crippen molar-refractivity contribution in [1.29, 1.82) is 0 Å². The van der Waals surface area contributed by atoms with Crippen LogP contribution in [0.15, 0.2) is 24.5 Å². The van der Waals surface area contributed by atoms with Crippen LogP contribution in [0.5, 0.6) is 0 Å². The number of likely N-dealkylation sites (tertiary alicyclic amines) is 1. The van der Waals surface area contributed by atoms with E-state index in [1.165, 1.54) is 4.90 Å². The lowest BCUT2D eigenvalue weighted by atomic mass is 10.1. The Morgan fingerprint density at radius 1 is 1.29 bits per heavy atom. The molecule has 4 rings (SSSR count). The van der Waals surface area contributed by atoms with Gasteiger partial charge < -0.3 is 9.64 Å². The van der Waals surface area contributed by atoms with Crippen LogP contribution in [-0.2, 0) is 9.53 Å². The van der Waals surface area contributed by atoms with E-state index in [0.29, 0.717) is 30.7 Å². The Kier molecular flexibility index (Phi) is 5.28. The predicted octanol–water partition coefficient (Wildman–Crippen LogP) is 1.24. The third kappa shape index (κ3) is 4.01. The Balaban J connectivity index is 1.41. The van der Waals surface area contributed by atoms with E-state index in [-0.39, 0.29) is 12.3 Å². The summed E-state index contributed by atoms with van der Waals surface area (Å²) in [5.74, 6) is 6.56. The molecular formula is C20H23N5O3. The number of piperidine rings is 1. The number of nitrogens with zero attached hydrogens (tertiary/aromatic N) is 4. The molecule has 0 spiro atoms. The van der Waals surface area contributed by atoms with Gasteiger partial charge in [-0.15, -0.1) is 0 Å². The Labute approximate surface area is 163 Å². The third-order valence-electron chi connectivity index (χ3n) is 5.11. The number of amides is 3. The van der Waals surface area contributed by atoms with Gasteiger partial charge in [-0.25, -0.2) is 9.78 Å². The number of aromatic nitrogens is 2. The van der Waals surface area contributed by atoms with Crippen LogP contribution >= 0.6 is 0 Å². The number of pyridine rings is 1. The molecule has 2 aromatic rings. The normalized spacial score (nSPS) is 18.8. The minimum absolute atomic E-state index is 0.255. The van der Waals surface area contributed by atoms with Crippen LogP contribution in [0.1, 0.15) is 24.8 Å². The summed E-state index contributed by atoms with van der Waals surface area (Å²) in [6.45, 7) is 2.90. The molecule has 28 heavy (non-hydrogen) atoms. The van der Waals surface area contributed by atoms with Gasteiger partial charge in [-0.1, -0.05) is 11.8 Å². The number of imide groups is 1. The van der Waals surface area contributed by atoms with Gasteiger partial charge in [0.1, 0.15) is 18.1 Å².